The first kappa shape index (κ1) is 17.3. The van der Waals surface area contributed by atoms with Gasteiger partial charge in [-0.05, 0) is 36.4 Å². The molecule has 0 unspecified atom stereocenters. The van der Waals surface area contributed by atoms with E-state index in [1.54, 1.807) is 29.2 Å². The minimum Gasteiger partial charge on any atom is -0.423 e. The molecule has 1 saturated heterocycles. The number of amides is 1. The van der Waals surface area contributed by atoms with Crippen molar-refractivity contribution in [2.75, 3.05) is 49.1 Å². The molecule has 0 radical (unpaired) electrons. The number of benzene rings is 2. The fraction of sp³-hybridized carbons (Fsp3) is 0.300. The Hall–Kier alpha value is -3.09. The molecule has 1 fully saturated rings. The number of fused-ring (bicyclic) bond motifs is 1. The van der Waals surface area contributed by atoms with Crippen LogP contribution in [0.25, 0.3) is 0 Å². The summed E-state index contributed by atoms with van der Waals surface area (Å²) < 4.78 is 18.3. The number of hydrogen-bond donors (Lipinski definition) is 0. The summed E-state index contributed by atoms with van der Waals surface area (Å²) in [7, 11) is 0. The van der Waals surface area contributed by atoms with Crippen molar-refractivity contribution in [3.05, 3.63) is 54.3 Å². The van der Waals surface area contributed by atoms with Crippen LogP contribution in [0.3, 0.4) is 0 Å². The van der Waals surface area contributed by atoms with E-state index in [0.717, 1.165) is 11.4 Å². The average Bonchev–Trinajstić information content (AvgIpc) is 2.68. The second-order valence-electron chi connectivity index (χ2n) is 6.64. The van der Waals surface area contributed by atoms with Crippen molar-refractivity contribution in [2.45, 2.75) is 0 Å². The lowest BCUT2D eigenvalue weighted by Gasteiger charge is -2.37. The van der Waals surface area contributed by atoms with Crippen LogP contribution in [-0.4, -0.2) is 56.0 Å². The van der Waals surface area contributed by atoms with Crippen LogP contribution in [0.5, 0.6) is 5.75 Å². The molecule has 1 amide bonds. The van der Waals surface area contributed by atoms with Crippen LogP contribution in [0.2, 0.25) is 0 Å². The van der Waals surface area contributed by atoms with E-state index < -0.39 is 0 Å². The third kappa shape index (κ3) is 3.72. The van der Waals surface area contributed by atoms with E-state index in [2.05, 4.69) is 4.90 Å². The van der Waals surface area contributed by atoms with E-state index in [0.29, 0.717) is 31.9 Å². The molecular formula is C20H20FN3O3. The van der Waals surface area contributed by atoms with Crippen molar-refractivity contribution in [1.82, 2.24) is 4.90 Å². The molecule has 0 bridgehead atoms. The van der Waals surface area contributed by atoms with Gasteiger partial charge in [-0.2, -0.15) is 0 Å². The fourth-order valence-electron chi connectivity index (χ4n) is 3.47. The maximum Gasteiger partial charge on any atom is 0.331 e. The minimum atomic E-state index is -0.359. The molecule has 140 valence electrons. The lowest BCUT2D eigenvalue weighted by Crippen LogP contribution is -2.52. The summed E-state index contributed by atoms with van der Waals surface area (Å²) >= 11 is 0. The topological polar surface area (TPSA) is 53.1 Å². The van der Waals surface area contributed by atoms with Crippen molar-refractivity contribution in [1.29, 1.82) is 0 Å². The van der Waals surface area contributed by atoms with Crippen LogP contribution < -0.4 is 14.5 Å². The van der Waals surface area contributed by atoms with Crippen LogP contribution in [0.15, 0.2) is 48.5 Å². The summed E-state index contributed by atoms with van der Waals surface area (Å²) in [5.41, 5.74) is 1.71. The zero-order valence-corrected chi connectivity index (χ0v) is 14.8. The van der Waals surface area contributed by atoms with Gasteiger partial charge >= 0.3 is 5.97 Å². The molecule has 0 saturated carbocycles. The van der Waals surface area contributed by atoms with Gasteiger partial charge in [0.05, 0.1) is 12.2 Å². The number of carbonyl (C=O) groups is 2. The number of piperazine rings is 1. The number of para-hydroxylation sites is 2. The molecule has 2 aliphatic rings. The molecule has 0 aromatic heterocycles. The third-order valence-corrected chi connectivity index (χ3v) is 4.90. The smallest absolute Gasteiger partial charge is 0.331 e. The number of rotatable bonds is 3. The highest BCUT2D eigenvalue weighted by atomic mass is 19.1. The molecule has 27 heavy (non-hydrogen) atoms. The highest BCUT2D eigenvalue weighted by Crippen LogP contribution is 2.31. The monoisotopic (exact) mass is 369 g/mol. The summed E-state index contributed by atoms with van der Waals surface area (Å²) in [4.78, 5) is 30.2. The lowest BCUT2D eigenvalue weighted by atomic mass is 10.2. The van der Waals surface area contributed by atoms with Gasteiger partial charge < -0.3 is 19.4 Å². The molecule has 0 N–H and O–H groups in total. The fourth-order valence-corrected chi connectivity index (χ4v) is 3.47. The van der Waals surface area contributed by atoms with Gasteiger partial charge in [-0.1, -0.05) is 12.1 Å². The van der Waals surface area contributed by atoms with Gasteiger partial charge in [0, 0.05) is 31.9 Å². The first-order valence-electron chi connectivity index (χ1n) is 8.93. The standard InChI is InChI=1S/C20H20FN3O3/c21-15-5-7-16(8-6-15)22-9-11-23(12-10-22)19(25)13-24-14-20(26)27-18-4-2-1-3-17(18)24/h1-8H,9-14H2. The van der Waals surface area contributed by atoms with Crippen LogP contribution >= 0.6 is 0 Å². The zero-order chi connectivity index (χ0) is 18.8. The van der Waals surface area contributed by atoms with Crippen molar-refractivity contribution in [3.8, 4) is 5.75 Å². The number of hydrogen-bond acceptors (Lipinski definition) is 5. The Morgan fingerprint density at radius 3 is 2.44 bits per heavy atom. The Bertz CT molecular complexity index is 848. The van der Waals surface area contributed by atoms with Crippen molar-refractivity contribution in [2.24, 2.45) is 0 Å². The van der Waals surface area contributed by atoms with Crippen LogP contribution in [0.1, 0.15) is 0 Å². The summed E-state index contributed by atoms with van der Waals surface area (Å²) in [5, 5.41) is 0. The number of anilines is 2. The van der Waals surface area contributed by atoms with E-state index in [-0.39, 0.29) is 30.8 Å². The third-order valence-electron chi connectivity index (χ3n) is 4.90. The molecule has 2 aromatic carbocycles. The molecule has 6 nitrogen and oxygen atoms in total. The Morgan fingerprint density at radius 2 is 1.70 bits per heavy atom. The molecule has 0 spiro atoms. The van der Waals surface area contributed by atoms with Gasteiger partial charge in [0.25, 0.3) is 0 Å². The second kappa shape index (κ2) is 7.26. The number of carbonyl (C=O) groups excluding carboxylic acids is 2. The molecular weight excluding hydrogens is 349 g/mol. The number of halogens is 1. The van der Waals surface area contributed by atoms with Gasteiger partial charge in [0.1, 0.15) is 12.4 Å². The van der Waals surface area contributed by atoms with E-state index in [4.69, 9.17) is 4.74 Å². The largest absolute Gasteiger partial charge is 0.423 e. The Labute approximate surface area is 156 Å². The summed E-state index contributed by atoms with van der Waals surface area (Å²) in [5.74, 6) is -0.142. The summed E-state index contributed by atoms with van der Waals surface area (Å²) in [6.07, 6.45) is 0. The van der Waals surface area contributed by atoms with Gasteiger partial charge in [-0.25, -0.2) is 9.18 Å². The Morgan fingerprint density at radius 1 is 1.00 bits per heavy atom. The second-order valence-corrected chi connectivity index (χ2v) is 6.64. The van der Waals surface area contributed by atoms with E-state index in [1.165, 1.54) is 12.1 Å². The lowest BCUT2D eigenvalue weighted by molar-refractivity contribution is -0.133. The predicted molar refractivity (Wildman–Crippen MR) is 99.5 cm³/mol. The molecule has 7 heteroatoms. The number of esters is 1. The average molecular weight is 369 g/mol. The van der Waals surface area contributed by atoms with E-state index in [1.807, 2.05) is 17.0 Å². The molecule has 4 rings (SSSR count). The van der Waals surface area contributed by atoms with Crippen molar-refractivity contribution < 1.29 is 18.7 Å². The first-order valence-corrected chi connectivity index (χ1v) is 8.93. The summed E-state index contributed by atoms with van der Waals surface area (Å²) in [6, 6.07) is 13.6. The van der Waals surface area contributed by atoms with Crippen molar-refractivity contribution in [3.63, 3.8) is 0 Å². The SMILES string of the molecule is O=C1CN(CC(=O)N2CCN(c3ccc(F)cc3)CC2)c2ccccc2O1. The minimum absolute atomic E-state index is 0.0155. The quantitative estimate of drug-likeness (QED) is 0.611. The number of ether oxygens (including phenoxy) is 1. The van der Waals surface area contributed by atoms with Gasteiger partial charge in [0.15, 0.2) is 5.75 Å². The van der Waals surface area contributed by atoms with E-state index in [9.17, 15) is 14.0 Å². The van der Waals surface area contributed by atoms with E-state index >= 15 is 0 Å². The normalized spacial score (nSPS) is 16.8. The zero-order valence-electron chi connectivity index (χ0n) is 14.8. The van der Waals surface area contributed by atoms with Crippen LogP contribution in [-0.2, 0) is 9.59 Å². The van der Waals surface area contributed by atoms with Crippen LogP contribution in [0, 0.1) is 5.82 Å². The van der Waals surface area contributed by atoms with Gasteiger partial charge in [-0.15, -0.1) is 0 Å². The van der Waals surface area contributed by atoms with Gasteiger partial charge in [0.2, 0.25) is 5.91 Å². The maximum absolute atomic E-state index is 13.1. The maximum atomic E-state index is 13.1. The first-order chi connectivity index (χ1) is 13.1. The highest BCUT2D eigenvalue weighted by Gasteiger charge is 2.28. The molecule has 2 aliphatic heterocycles. The highest BCUT2D eigenvalue weighted by molar-refractivity contribution is 5.89. The van der Waals surface area contributed by atoms with Crippen LogP contribution in [0.4, 0.5) is 15.8 Å². The molecule has 2 aromatic rings. The predicted octanol–water partition coefficient (Wildman–Crippen LogP) is 1.90. The molecule has 0 aliphatic carbocycles. The summed E-state index contributed by atoms with van der Waals surface area (Å²) in [6.45, 7) is 2.78. The van der Waals surface area contributed by atoms with Crippen molar-refractivity contribution >= 4 is 23.3 Å². The number of nitrogens with zero attached hydrogens (tertiary/aromatic N) is 3. The molecule has 2 heterocycles. The molecule has 0 atom stereocenters. The Kier molecular flexibility index (Phi) is 4.66. The van der Waals surface area contributed by atoms with Gasteiger partial charge in [-0.3, -0.25) is 4.79 Å². The Balaban J connectivity index is 1.37.